The molecule has 0 radical (unpaired) electrons. The highest BCUT2D eigenvalue weighted by molar-refractivity contribution is 9.10. The van der Waals surface area contributed by atoms with Gasteiger partial charge in [-0.05, 0) is 49.2 Å². The molecule has 152 valence electrons. The first kappa shape index (κ1) is 20.3. The van der Waals surface area contributed by atoms with Crippen molar-refractivity contribution >= 4 is 58.5 Å². The largest absolute Gasteiger partial charge is 0.494 e. The molecule has 3 aromatic rings. The summed E-state index contributed by atoms with van der Waals surface area (Å²) in [7, 11) is -2.20. The van der Waals surface area contributed by atoms with Crippen molar-refractivity contribution < 1.29 is 17.9 Å². The number of methoxy groups -OCH3 is 1. The molecule has 1 fully saturated rings. The third-order valence-corrected chi connectivity index (χ3v) is 8.15. The predicted molar refractivity (Wildman–Crippen MR) is 116 cm³/mol. The third kappa shape index (κ3) is 3.89. The predicted octanol–water partition coefficient (Wildman–Crippen LogP) is 3.86. The van der Waals surface area contributed by atoms with Gasteiger partial charge in [-0.25, -0.2) is 13.4 Å². The quantitative estimate of drug-likeness (QED) is 0.580. The summed E-state index contributed by atoms with van der Waals surface area (Å²) in [6, 6.07) is 11.2. The van der Waals surface area contributed by atoms with E-state index in [1.54, 1.807) is 25.3 Å². The number of anilines is 1. The summed E-state index contributed by atoms with van der Waals surface area (Å²) >= 11 is 4.63. The molecule has 0 saturated carbocycles. The number of nitrogens with one attached hydrogen (secondary N) is 1. The lowest BCUT2D eigenvalue weighted by Crippen LogP contribution is -2.43. The molecule has 1 aromatic heterocycles. The van der Waals surface area contributed by atoms with Gasteiger partial charge in [0, 0.05) is 11.0 Å². The fourth-order valence-electron chi connectivity index (χ4n) is 3.36. The van der Waals surface area contributed by atoms with Gasteiger partial charge in [0.25, 0.3) is 0 Å². The summed E-state index contributed by atoms with van der Waals surface area (Å²) in [6.45, 7) is 0.310. The first-order valence-corrected chi connectivity index (χ1v) is 12.0. The molecule has 1 unspecified atom stereocenters. The van der Waals surface area contributed by atoms with E-state index in [2.05, 4.69) is 26.2 Å². The number of hydrogen-bond acceptors (Lipinski definition) is 6. The van der Waals surface area contributed by atoms with Gasteiger partial charge in [0.2, 0.25) is 15.9 Å². The molecule has 0 aliphatic carbocycles. The SMILES string of the molecule is COc1cccc2sc(NC(=O)C3CCCN3S(=O)(=O)c3ccc(Br)cc3)nc12. The van der Waals surface area contributed by atoms with E-state index in [1.807, 2.05) is 12.1 Å². The Labute approximate surface area is 180 Å². The minimum atomic E-state index is -3.76. The zero-order valence-electron chi connectivity index (χ0n) is 15.5. The van der Waals surface area contributed by atoms with E-state index < -0.39 is 16.1 Å². The molecule has 0 bridgehead atoms. The molecule has 1 atom stereocenters. The summed E-state index contributed by atoms with van der Waals surface area (Å²) in [5.74, 6) is 0.251. The topological polar surface area (TPSA) is 88.6 Å². The molecule has 1 aliphatic rings. The van der Waals surface area contributed by atoms with Crippen LogP contribution in [0.15, 0.2) is 51.8 Å². The average molecular weight is 496 g/mol. The summed E-state index contributed by atoms with van der Waals surface area (Å²) in [5.41, 5.74) is 0.668. The highest BCUT2D eigenvalue weighted by Crippen LogP contribution is 2.33. The van der Waals surface area contributed by atoms with Gasteiger partial charge in [-0.3, -0.25) is 4.79 Å². The van der Waals surface area contributed by atoms with E-state index in [0.717, 1.165) is 9.17 Å². The van der Waals surface area contributed by atoms with E-state index in [1.165, 1.54) is 27.8 Å². The second kappa shape index (κ2) is 8.02. The standard InChI is InChI=1S/C19H18BrN3O4S2/c1-27-15-5-2-6-16-17(15)21-19(28-16)22-18(24)14-4-3-11-23(14)29(25,26)13-9-7-12(20)8-10-13/h2,5-10,14H,3-4,11H2,1H3,(H,21,22,24). The maximum atomic E-state index is 13.0. The van der Waals surface area contributed by atoms with Crippen molar-refractivity contribution in [2.75, 3.05) is 19.0 Å². The molecular weight excluding hydrogens is 478 g/mol. The molecule has 10 heteroatoms. The van der Waals surface area contributed by atoms with Gasteiger partial charge in [-0.15, -0.1) is 0 Å². The Morgan fingerprint density at radius 3 is 2.76 bits per heavy atom. The van der Waals surface area contributed by atoms with Crippen LogP contribution in [0.5, 0.6) is 5.75 Å². The van der Waals surface area contributed by atoms with Gasteiger partial charge in [0.15, 0.2) is 5.13 Å². The maximum absolute atomic E-state index is 13.0. The van der Waals surface area contributed by atoms with Crippen LogP contribution >= 0.6 is 27.3 Å². The number of carbonyl (C=O) groups excluding carboxylic acids is 1. The number of para-hydroxylation sites is 1. The van der Waals surface area contributed by atoms with Crippen molar-refractivity contribution in [2.24, 2.45) is 0 Å². The summed E-state index contributed by atoms with van der Waals surface area (Å²) in [4.78, 5) is 17.5. The minimum Gasteiger partial charge on any atom is -0.494 e. The van der Waals surface area contributed by atoms with E-state index in [-0.39, 0.29) is 10.8 Å². The van der Waals surface area contributed by atoms with Gasteiger partial charge < -0.3 is 10.1 Å². The van der Waals surface area contributed by atoms with Crippen LogP contribution < -0.4 is 10.1 Å². The van der Waals surface area contributed by atoms with Crippen LogP contribution in [-0.4, -0.2) is 43.3 Å². The van der Waals surface area contributed by atoms with Crippen molar-refractivity contribution in [2.45, 2.75) is 23.8 Å². The van der Waals surface area contributed by atoms with Crippen LogP contribution in [0.3, 0.4) is 0 Å². The van der Waals surface area contributed by atoms with Crippen molar-refractivity contribution in [1.82, 2.24) is 9.29 Å². The van der Waals surface area contributed by atoms with Gasteiger partial charge in [-0.1, -0.05) is 33.3 Å². The number of amides is 1. The molecule has 1 N–H and O–H groups in total. The molecule has 7 nitrogen and oxygen atoms in total. The van der Waals surface area contributed by atoms with Gasteiger partial charge >= 0.3 is 0 Å². The fraction of sp³-hybridized carbons (Fsp3) is 0.263. The Bertz CT molecular complexity index is 1160. The number of halogens is 1. The van der Waals surface area contributed by atoms with Crippen LogP contribution in [0, 0.1) is 0 Å². The average Bonchev–Trinajstić information content (AvgIpc) is 3.35. The van der Waals surface area contributed by atoms with Crippen LogP contribution in [0.4, 0.5) is 5.13 Å². The lowest BCUT2D eigenvalue weighted by Gasteiger charge is -2.23. The number of aromatic nitrogens is 1. The molecule has 1 saturated heterocycles. The molecule has 0 spiro atoms. The lowest BCUT2D eigenvalue weighted by atomic mass is 10.2. The number of ether oxygens (including phenoxy) is 1. The molecular formula is C19H18BrN3O4S2. The van der Waals surface area contributed by atoms with Gasteiger partial charge in [0.1, 0.15) is 17.3 Å². The van der Waals surface area contributed by atoms with Gasteiger partial charge in [-0.2, -0.15) is 4.31 Å². The lowest BCUT2D eigenvalue weighted by molar-refractivity contribution is -0.119. The number of rotatable bonds is 5. The number of benzene rings is 2. The summed E-state index contributed by atoms with van der Waals surface area (Å²) < 4.78 is 34.3. The molecule has 1 aliphatic heterocycles. The minimum absolute atomic E-state index is 0.171. The number of sulfonamides is 1. The Balaban J connectivity index is 1.57. The molecule has 4 rings (SSSR count). The van der Waals surface area contributed by atoms with Crippen molar-refractivity contribution in [3.05, 3.63) is 46.9 Å². The number of carbonyl (C=O) groups is 1. The number of hydrogen-bond donors (Lipinski definition) is 1. The zero-order valence-corrected chi connectivity index (χ0v) is 18.7. The molecule has 29 heavy (non-hydrogen) atoms. The highest BCUT2D eigenvalue weighted by atomic mass is 79.9. The van der Waals surface area contributed by atoms with Crippen LogP contribution in [0.1, 0.15) is 12.8 Å². The zero-order chi connectivity index (χ0) is 20.6. The van der Waals surface area contributed by atoms with E-state index >= 15 is 0 Å². The summed E-state index contributed by atoms with van der Waals surface area (Å²) in [5, 5.41) is 3.21. The Morgan fingerprint density at radius 2 is 2.03 bits per heavy atom. The third-order valence-electron chi connectivity index (χ3n) is 4.76. The second-order valence-electron chi connectivity index (χ2n) is 6.54. The van der Waals surface area contributed by atoms with Crippen LogP contribution in [0.2, 0.25) is 0 Å². The highest BCUT2D eigenvalue weighted by Gasteiger charge is 2.39. The Morgan fingerprint density at radius 1 is 1.28 bits per heavy atom. The first-order chi connectivity index (χ1) is 13.9. The van der Waals surface area contributed by atoms with E-state index in [4.69, 9.17) is 4.74 Å². The number of nitrogens with zero attached hydrogens (tertiary/aromatic N) is 2. The maximum Gasteiger partial charge on any atom is 0.244 e. The smallest absolute Gasteiger partial charge is 0.244 e. The first-order valence-electron chi connectivity index (χ1n) is 8.92. The summed E-state index contributed by atoms with van der Waals surface area (Å²) in [6.07, 6.45) is 1.09. The Kier molecular flexibility index (Phi) is 5.60. The number of fused-ring (bicyclic) bond motifs is 1. The molecule has 1 amide bonds. The normalized spacial score (nSPS) is 17.5. The van der Waals surface area contributed by atoms with E-state index in [9.17, 15) is 13.2 Å². The molecule has 2 aromatic carbocycles. The van der Waals surface area contributed by atoms with Crippen LogP contribution in [0.25, 0.3) is 10.2 Å². The van der Waals surface area contributed by atoms with Crippen molar-refractivity contribution in [3.8, 4) is 5.75 Å². The number of thiazole rings is 1. The second-order valence-corrected chi connectivity index (χ2v) is 10.4. The van der Waals surface area contributed by atoms with E-state index in [0.29, 0.717) is 35.8 Å². The Hall–Kier alpha value is -2.01. The van der Waals surface area contributed by atoms with Crippen molar-refractivity contribution in [3.63, 3.8) is 0 Å². The van der Waals surface area contributed by atoms with Gasteiger partial charge in [0.05, 0.1) is 16.7 Å². The van der Waals surface area contributed by atoms with Crippen LogP contribution in [-0.2, 0) is 14.8 Å². The monoisotopic (exact) mass is 495 g/mol. The van der Waals surface area contributed by atoms with Crippen molar-refractivity contribution in [1.29, 1.82) is 0 Å². The fourth-order valence-corrected chi connectivity index (χ4v) is 6.17. The molecule has 2 heterocycles.